The first-order valence-corrected chi connectivity index (χ1v) is 6.97. The van der Waals surface area contributed by atoms with Gasteiger partial charge in [-0.3, -0.25) is 10.1 Å². The third-order valence-electron chi connectivity index (χ3n) is 2.88. The molecule has 3 heterocycles. The minimum atomic E-state index is 0.798. The number of hydrogen-bond acceptors (Lipinski definition) is 4. The van der Waals surface area contributed by atoms with Crippen LogP contribution in [-0.4, -0.2) is 15.2 Å². The van der Waals surface area contributed by atoms with Gasteiger partial charge < -0.3 is 5.32 Å². The number of aromatic amines is 1. The summed E-state index contributed by atoms with van der Waals surface area (Å²) < 4.78 is 0. The van der Waals surface area contributed by atoms with Gasteiger partial charge in [-0.25, -0.2) is 0 Å². The van der Waals surface area contributed by atoms with E-state index >= 15 is 0 Å². The van der Waals surface area contributed by atoms with E-state index in [0.29, 0.717) is 0 Å². The molecule has 0 unspecified atom stereocenters. The van der Waals surface area contributed by atoms with Gasteiger partial charge >= 0.3 is 0 Å². The number of hydrogen-bond donors (Lipinski definition) is 2. The lowest BCUT2D eigenvalue weighted by Crippen LogP contribution is -2.12. The Morgan fingerprint density at radius 1 is 1.16 bits per heavy atom. The third-order valence-corrected chi connectivity index (χ3v) is 3.77. The first-order chi connectivity index (χ1) is 9.43. The number of rotatable bonds is 5. The lowest BCUT2D eigenvalue weighted by molar-refractivity contribution is 0.694. The molecule has 5 heteroatoms. The van der Waals surface area contributed by atoms with Crippen molar-refractivity contribution in [2.24, 2.45) is 0 Å². The largest absolute Gasteiger partial charge is 0.308 e. The summed E-state index contributed by atoms with van der Waals surface area (Å²) in [5, 5.41) is 12.7. The van der Waals surface area contributed by atoms with Gasteiger partial charge in [-0.05, 0) is 29.1 Å². The summed E-state index contributed by atoms with van der Waals surface area (Å²) in [7, 11) is 0. The Morgan fingerprint density at radius 3 is 2.84 bits per heavy atom. The first-order valence-electron chi connectivity index (χ1n) is 6.09. The van der Waals surface area contributed by atoms with Gasteiger partial charge in [-0.15, -0.1) is 11.3 Å². The molecule has 0 aliphatic heterocycles. The van der Waals surface area contributed by atoms with E-state index in [-0.39, 0.29) is 0 Å². The molecule has 0 aliphatic rings. The average Bonchev–Trinajstić information content (AvgIpc) is 3.10. The van der Waals surface area contributed by atoms with E-state index in [9.17, 15) is 0 Å². The van der Waals surface area contributed by atoms with Crippen molar-refractivity contribution in [3.8, 4) is 10.6 Å². The Morgan fingerprint density at radius 2 is 2.05 bits per heavy atom. The summed E-state index contributed by atoms with van der Waals surface area (Å²) in [6.45, 7) is 1.63. The van der Waals surface area contributed by atoms with Crippen LogP contribution >= 0.6 is 11.3 Å². The number of aromatic nitrogens is 3. The molecular weight excluding hydrogens is 256 g/mol. The van der Waals surface area contributed by atoms with Crippen molar-refractivity contribution in [1.82, 2.24) is 20.5 Å². The van der Waals surface area contributed by atoms with Crippen LogP contribution in [0.15, 0.2) is 48.2 Å². The van der Waals surface area contributed by atoms with Gasteiger partial charge in [0, 0.05) is 31.0 Å². The lowest BCUT2D eigenvalue weighted by atomic mass is 10.2. The van der Waals surface area contributed by atoms with Crippen LogP contribution in [0.2, 0.25) is 0 Å². The Bertz CT molecular complexity index is 616. The van der Waals surface area contributed by atoms with E-state index in [1.165, 1.54) is 16.0 Å². The van der Waals surface area contributed by atoms with Gasteiger partial charge in [0.2, 0.25) is 0 Å². The predicted molar refractivity (Wildman–Crippen MR) is 76.7 cm³/mol. The standard InChI is InChI=1S/C14H14N4S/c1-2-13(19-7-1)14-12(10-17-18-14)9-16-8-11-3-5-15-6-4-11/h1-7,10,16H,8-9H2,(H,17,18). The van der Waals surface area contributed by atoms with Crippen molar-refractivity contribution >= 4 is 11.3 Å². The summed E-state index contributed by atoms with van der Waals surface area (Å²) in [5.41, 5.74) is 3.53. The molecule has 0 fully saturated rings. The van der Waals surface area contributed by atoms with Crippen LogP contribution in [-0.2, 0) is 13.1 Å². The second kappa shape index (κ2) is 5.77. The summed E-state index contributed by atoms with van der Waals surface area (Å²) in [5.74, 6) is 0. The number of H-pyrrole nitrogens is 1. The van der Waals surface area contributed by atoms with Crippen molar-refractivity contribution in [1.29, 1.82) is 0 Å². The highest BCUT2D eigenvalue weighted by Gasteiger charge is 2.07. The molecule has 3 aromatic rings. The van der Waals surface area contributed by atoms with Crippen molar-refractivity contribution in [3.05, 3.63) is 59.4 Å². The maximum atomic E-state index is 4.14. The molecule has 0 spiro atoms. The molecule has 0 atom stereocenters. The molecule has 2 N–H and O–H groups in total. The zero-order valence-electron chi connectivity index (χ0n) is 10.3. The Kier molecular flexibility index (Phi) is 3.67. The molecule has 0 aromatic carbocycles. The molecule has 19 heavy (non-hydrogen) atoms. The Labute approximate surface area is 115 Å². The number of thiophene rings is 1. The molecule has 0 aliphatic carbocycles. The van der Waals surface area contributed by atoms with Crippen LogP contribution in [0.5, 0.6) is 0 Å². The van der Waals surface area contributed by atoms with E-state index in [4.69, 9.17) is 0 Å². The zero-order valence-corrected chi connectivity index (χ0v) is 11.2. The van der Waals surface area contributed by atoms with Crippen LogP contribution < -0.4 is 5.32 Å². The second-order valence-electron chi connectivity index (χ2n) is 4.21. The minimum Gasteiger partial charge on any atom is -0.308 e. The number of pyridine rings is 1. The fourth-order valence-electron chi connectivity index (χ4n) is 1.92. The van der Waals surface area contributed by atoms with E-state index in [0.717, 1.165) is 18.8 Å². The fourth-order valence-corrected chi connectivity index (χ4v) is 2.68. The smallest absolute Gasteiger partial charge is 0.0794 e. The SMILES string of the molecule is c1csc(-c2[nH]ncc2CNCc2ccncc2)c1. The molecule has 0 saturated heterocycles. The minimum absolute atomic E-state index is 0.798. The van der Waals surface area contributed by atoms with E-state index in [1.54, 1.807) is 11.3 Å². The van der Waals surface area contributed by atoms with Gasteiger partial charge in [0.15, 0.2) is 0 Å². The van der Waals surface area contributed by atoms with Crippen LogP contribution in [0.4, 0.5) is 0 Å². The summed E-state index contributed by atoms with van der Waals surface area (Å²) in [4.78, 5) is 5.23. The van der Waals surface area contributed by atoms with Gasteiger partial charge in [0.1, 0.15) is 0 Å². The first kappa shape index (κ1) is 12.1. The van der Waals surface area contributed by atoms with Crippen molar-refractivity contribution < 1.29 is 0 Å². The molecule has 3 rings (SSSR count). The topological polar surface area (TPSA) is 53.6 Å². The van der Waals surface area contributed by atoms with Crippen LogP contribution in [0, 0.1) is 0 Å². The molecule has 96 valence electrons. The second-order valence-corrected chi connectivity index (χ2v) is 5.15. The highest BCUT2D eigenvalue weighted by molar-refractivity contribution is 7.13. The number of nitrogens with zero attached hydrogens (tertiary/aromatic N) is 2. The van der Waals surface area contributed by atoms with E-state index in [1.807, 2.05) is 30.7 Å². The zero-order chi connectivity index (χ0) is 12.9. The van der Waals surface area contributed by atoms with Gasteiger partial charge in [0.25, 0.3) is 0 Å². The van der Waals surface area contributed by atoms with Crippen LogP contribution in [0.25, 0.3) is 10.6 Å². The van der Waals surface area contributed by atoms with Gasteiger partial charge in [-0.1, -0.05) is 6.07 Å². The molecule has 0 bridgehead atoms. The molecular formula is C14H14N4S. The average molecular weight is 270 g/mol. The summed E-state index contributed by atoms with van der Waals surface area (Å²) in [6.07, 6.45) is 5.51. The maximum Gasteiger partial charge on any atom is 0.0794 e. The van der Waals surface area contributed by atoms with Crippen molar-refractivity contribution in [3.63, 3.8) is 0 Å². The predicted octanol–water partition coefficient (Wildman–Crippen LogP) is 2.82. The fraction of sp³-hybridized carbons (Fsp3) is 0.143. The molecule has 0 saturated carbocycles. The highest BCUT2D eigenvalue weighted by Crippen LogP contribution is 2.25. The Hall–Kier alpha value is -1.98. The van der Waals surface area contributed by atoms with Gasteiger partial charge in [0.05, 0.1) is 16.8 Å². The third kappa shape index (κ3) is 2.89. The molecule has 3 aromatic heterocycles. The molecule has 0 amide bonds. The normalized spacial score (nSPS) is 10.7. The van der Waals surface area contributed by atoms with Crippen LogP contribution in [0.3, 0.4) is 0 Å². The maximum absolute atomic E-state index is 4.14. The highest BCUT2D eigenvalue weighted by atomic mass is 32.1. The summed E-state index contributed by atoms with van der Waals surface area (Å²) >= 11 is 1.72. The number of nitrogens with one attached hydrogen (secondary N) is 2. The molecule has 0 radical (unpaired) electrons. The molecule has 4 nitrogen and oxygen atoms in total. The van der Waals surface area contributed by atoms with E-state index in [2.05, 4.69) is 38.0 Å². The summed E-state index contributed by atoms with van der Waals surface area (Å²) in [6, 6.07) is 8.19. The van der Waals surface area contributed by atoms with Crippen molar-refractivity contribution in [2.75, 3.05) is 0 Å². The lowest BCUT2D eigenvalue weighted by Gasteiger charge is -2.04. The monoisotopic (exact) mass is 270 g/mol. The Balaban J connectivity index is 1.64. The quantitative estimate of drug-likeness (QED) is 0.749. The van der Waals surface area contributed by atoms with E-state index < -0.39 is 0 Å². The van der Waals surface area contributed by atoms with Crippen molar-refractivity contribution in [2.45, 2.75) is 13.1 Å². The van der Waals surface area contributed by atoms with Crippen LogP contribution in [0.1, 0.15) is 11.1 Å². The van der Waals surface area contributed by atoms with Gasteiger partial charge in [-0.2, -0.15) is 5.10 Å².